The van der Waals surface area contributed by atoms with Crippen LogP contribution in [0.4, 0.5) is 5.95 Å². The average molecular weight is 381 g/mol. The zero-order valence-electron chi connectivity index (χ0n) is 14.7. The summed E-state index contributed by atoms with van der Waals surface area (Å²) in [6.45, 7) is 4.81. The van der Waals surface area contributed by atoms with Crippen molar-refractivity contribution in [2.24, 2.45) is 0 Å². The second-order valence-electron chi connectivity index (χ2n) is 6.55. The third-order valence-corrected chi connectivity index (χ3v) is 6.63. The lowest BCUT2D eigenvalue weighted by atomic mass is 10.2. The minimum absolute atomic E-state index is 0.0204. The summed E-state index contributed by atoms with van der Waals surface area (Å²) in [7, 11) is -3.05. The Balaban J connectivity index is 1.67. The highest BCUT2D eigenvalue weighted by atomic mass is 32.2. The van der Waals surface area contributed by atoms with Gasteiger partial charge in [-0.3, -0.25) is 9.59 Å². The van der Waals surface area contributed by atoms with E-state index in [9.17, 15) is 18.0 Å². The maximum Gasteiger partial charge on any atom is 0.257 e. The second-order valence-corrected chi connectivity index (χ2v) is 8.78. The number of carbonyl (C=O) groups is 2. The fraction of sp³-hybridized carbons (Fsp3) is 0.625. The summed E-state index contributed by atoms with van der Waals surface area (Å²) in [5, 5.41) is 0. The lowest BCUT2D eigenvalue weighted by molar-refractivity contribution is -0.118. The third kappa shape index (κ3) is 3.95. The third-order valence-electron chi connectivity index (χ3n) is 4.88. The SMILES string of the molecule is CCN(C(=O)c1cnc(N2CCN(C=O)CC2)nc1)C1CCS(=O)(=O)C1. The van der Waals surface area contributed by atoms with E-state index >= 15 is 0 Å². The van der Waals surface area contributed by atoms with Gasteiger partial charge in [0.05, 0.1) is 17.1 Å². The van der Waals surface area contributed by atoms with Crippen molar-refractivity contribution in [3.05, 3.63) is 18.0 Å². The summed E-state index contributed by atoms with van der Waals surface area (Å²) in [4.78, 5) is 37.3. The summed E-state index contributed by atoms with van der Waals surface area (Å²) in [5.74, 6) is 0.432. The molecule has 2 aliphatic heterocycles. The molecule has 0 N–H and O–H groups in total. The molecule has 2 aliphatic rings. The first-order valence-corrected chi connectivity index (χ1v) is 10.5. The van der Waals surface area contributed by atoms with Gasteiger partial charge in [-0.2, -0.15) is 0 Å². The van der Waals surface area contributed by atoms with Crippen LogP contribution in [-0.2, 0) is 14.6 Å². The van der Waals surface area contributed by atoms with Crippen LogP contribution in [0.5, 0.6) is 0 Å². The number of aromatic nitrogens is 2. The van der Waals surface area contributed by atoms with Crippen LogP contribution in [0.25, 0.3) is 0 Å². The van der Waals surface area contributed by atoms with Gasteiger partial charge in [-0.05, 0) is 13.3 Å². The van der Waals surface area contributed by atoms with Gasteiger partial charge in [0, 0.05) is 51.2 Å². The number of piperazine rings is 1. The van der Waals surface area contributed by atoms with Crippen LogP contribution in [0.3, 0.4) is 0 Å². The van der Waals surface area contributed by atoms with Crippen molar-refractivity contribution in [1.29, 1.82) is 0 Å². The van der Waals surface area contributed by atoms with Gasteiger partial charge in [0.1, 0.15) is 0 Å². The van der Waals surface area contributed by atoms with Gasteiger partial charge < -0.3 is 14.7 Å². The minimum atomic E-state index is -3.05. The Morgan fingerprint density at radius 2 is 1.92 bits per heavy atom. The molecule has 2 fully saturated rings. The largest absolute Gasteiger partial charge is 0.342 e. The average Bonchev–Trinajstić information content (AvgIpc) is 3.02. The fourth-order valence-electron chi connectivity index (χ4n) is 3.38. The molecule has 2 saturated heterocycles. The monoisotopic (exact) mass is 381 g/mol. The summed E-state index contributed by atoms with van der Waals surface area (Å²) in [6.07, 6.45) is 4.29. The fourth-order valence-corrected chi connectivity index (χ4v) is 5.11. The van der Waals surface area contributed by atoms with E-state index in [0.717, 1.165) is 6.41 Å². The quantitative estimate of drug-likeness (QED) is 0.628. The van der Waals surface area contributed by atoms with Gasteiger partial charge in [-0.1, -0.05) is 0 Å². The molecule has 0 aliphatic carbocycles. The molecular weight excluding hydrogens is 358 g/mol. The Morgan fingerprint density at radius 3 is 2.42 bits per heavy atom. The van der Waals surface area contributed by atoms with Crippen molar-refractivity contribution in [2.75, 3.05) is 49.1 Å². The van der Waals surface area contributed by atoms with E-state index in [1.807, 2.05) is 11.8 Å². The zero-order valence-corrected chi connectivity index (χ0v) is 15.6. The number of carbonyl (C=O) groups excluding carboxylic acids is 2. The summed E-state index contributed by atoms with van der Waals surface area (Å²) in [5.41, 5.74) is 0.353. The molecule has 0 aromatic carbocycles. The predicted molar refractivity (Wildman–Crippen MR) is 95.7 cm³/mol. The number of rotatable bonds is 5. The maximum absolute atomic E-state index is 12.7. The molecule has 3 heterocycles. The molecule has 9 nitrogen and oxygen atoms in total. The van der Waals surface area contributed by atoms with E-state index in [0.29, 0.717) is 50.7 Å². The highest BCUT2D eigenvalue weighted by molar-refractivity contribution is 7.91. The highest BCUT2D eigenvalue weighted by Crippen LogP contribution is 2.20. The van der Waals surface area contributed by atoms with Gasteiger partial charge in [0.15, 0.2) is 9.84 Å². The standard InChI is InChI=1S/C16H23N5O4S/c1-2-21(14-3-8-26(24,25)11-14)15(23)13-9-17-16(18-10-13)20-6-4-19(12-22)5-7-20/h9-10,12,14H,2-8,11H2,1H3. The van der Waals surface area contributed by atoms with E-state index in [2.05, 4.69) is 9.97 Å². The van der Waals surface area contributed by atoms with Crippen molar-refractivity contribution in [3.63, 3.8) is 0 Å². The number of nitrogens with zero attached hydrogens (tertiary/aromatic N) is 5. The van der Waals surface area contributed by atoms with Crippen LogP contribution in [0.2, 0.25) is 0 Å². The second kappa shape index (κ2) is 7.56. The smallest absolute Gasteiger partial charge is 0.257 e. The van der Waals surface area contributed by atoms with Crippen LogP contribution >= 0.6 is 0 Å². The number of hydrogen-bond acceptors (Lipinski definition) is 7. The van der Waals surface area contributed by atoms with Crippen molar-refractivity contribution in [3.8, 4) is 0 Å². The molecule has 0 radical (unpaired) electrons. The summed E-state index contributed by atoms with van der Waals surface area (Å²) in [6, 6.07) is -0.284. The van der Waals surface area contributed by atoms with Crippen LogP contribution in [0.1, 0.15) is 23.7 Å². The number of amides is 2. The topological polar surface area (TPSA) is 104 Å². The summed E-state index contributed by atoms with van der Waals surface area (Å²) < 4.78 is 23.4. The van der Waals surface area contributed by atoms with Gasteiger partial charge in [-0.25, -0.2) is 18.4 Å². The first-order valence-electron chi connectivity index (χ1n) is 8.71. The number of anilines is 1. The van der Waals surface area contributed by atoms with Crippen molar-refractivity contribution >= 4 is 28.1 Å². The van der Waals surface area contributed by atoms with E-state index < -0.39 is 9.84 Å². The maximum atomic E-state index is 12.7. The van der Waals surface area contributed by atoms with E-state index in [1.165, 1.54) is 12.4 Å². The Labute approximate surface area is 152 Å². The minimum Gasteiger partial charge on any atom is -0.342 e. The zero-order chi connectivity index (χ0) is 18.7. The normalized spacial score (nSPS) is 22.3. The van der Waals surface area contributed by atoms with Crippen molar-refractivity contribution in [1.82, 2.24) is 19.8 Å². The molecule has 0 saturated carbocycles. The van der Waals surface area contributed by atoms with Gasteiger partial charge in [0.2, 0.25) is 12.4 Å². The molecule has 10 heteroatoms. The molecule has 3 rings (SSSR count). The van der Waals surface area contributed by atoms with Crippen molar-refractivity contribution < 1.29 is 18.0 Å². The van der Waals surface area contributed by atoms with Gasteiger partial charge in [-0.15, -0.1) is 0 Å². The van der Waals surface area contributed by atoms with Crippen molar-refractivity contribution in [2.45, 2.75) is 19.4 Å². The molecule has 0 spiro atoms. The Morgan fingerprint density at radius 1 is 1.27 bits per heavy atom. The number of hydrogen-bond donors (Lipinski definition) is 0. The lowest BCUT2D eigenvalue weighted by Crippen LogP contribution is -2.46. The number of sulfone groups is 1. The Kier molecular flexibility index (Phi) is 5.40. The lowest BCUT2D eigenvalue weighted by Gasteiger charge is -2.32. The Hall–Kier alpha value is -2.23. The molecule has 26 heavy (non-hydrogen) atoms. The molecule has 1 unspecified atom stereocenters. The van der Waals surface area contributed by atoms with Gasteiger partial charge >= 0.3 is 0 Å². The van der Waals surface area contributed by atoms with E-state index in [1.54, 1.807) is 9.80 Å². The van der Waals surface area contributed by atoms with E-state index in [-0.39, 0.29) is 23.5 Å². The van der Waals surface area contributed by atoms with Crippen LogP contribution in [0.15, 0.2) is 12.4 Å². The van der Waals surface area contributed by atoms with Crippen LogP contribution in [-0.4, -0.2) is 90.8 Å². The molecule has 1 aromatic rings. The first kappa shape index (κ1) is 18.6. The highest BCUT2D eigenvalue weighted by Gasteiger charge is 2.34. The van der Waals surface area contributed by atoms with E-state index in [4.69, 9.17) is 0 Å². The Bertz CT molecular complexity index is 759. The molecule has 1 aromatic heterocycles. The van der Waals surface area contributed by atoms with Crippen LogP contribution in [0, 0.1) is 0 Å². The molecular formula is C16H23N5O4S. The van der Waals surface area contributed by atoms with Crippen LogP contribution < -0.4 is 4.90 Å². The van der Waals surface area contributed by atoms with Gasteiger partial charge in [0.25, 0.3) is 5.91 Å². The molecule has 0 bridgehead atoms. The molecule has 2 amide bonds. The molecule has 142 valence electrons. The summed E-state index contributed by atoms with van der Waals surface area (Å²) >= 11 is 0. The predicted octanol–water partition coefficient (Wildman–Crippen LogP) is -0.596. The first-order chi connectivity index (χ1) is 12.4. The molecule has 1 atom stereocenters.